The number of carbonyl (C=O) groups excluding carboxylic acids is 3. The molecule has 0 radical (unpaired) electrons. The number of nitrogens with one attached hydrogen (secondary N) is 3. The molecule has 0 unspecified atom stereocenters. The molecule has 1 heterocycles. The second-order valence-corrected chi connectivity index (χ2v) is 9.80. The van der Waals surface area contributed by atoms with Gasteiger partial charge in [-0.3, -0.25) is 4.79 Å². The summed E-state index contributed by atoms with van der Waals surface area (Å²) in [6.07, 6.45) is 4.82. The second kappa shape index (κ2) is 11.4. The number of aryl methyl sites for hydroxylation is 3. The minimum absolute atomic E-state index is 0.00204. The minimum atomic E-state index is -0.773. The smallest absolute Gasteiger partial charge is 0.328 e. The van der Waals surface area contributed by atoms with Crippen LogP contribution in [-0.4, -0.2) is 36.0 Å². The molecular formula is C29H34N4O4. The van der Waals surface area contributed by atoms with Crippen molar-refractivity contribution in [2.45, 2.75) is 58.9 Å². The highest BCUT2D eigenvalue weighted by Crippen LogP contribution is 2.28. The molecule has 1 fully saturated rings. The third-order valence-corrected chi connectivity index (χ3v) is 6.97. The fourth-order valence-corrected chi connectivity index (χ4v) is 5.20. The van der Waals surface area contributed by atoms with Crippen molar-refractivity contribution in [2.24, 2.45) is 5.92 Å². The number of para-hydroxylation sites is 1. The summed E-state index contributed by atoms with van der Waals surface area (Å²) in [5.41, 5.74) is 4.60. The summed E-state index contributed by atoms with van der Waals surface area (Å²) in [4.78, 5) is 43.7. The van der Waals surface area contributed by atoms with E-state index in [0.717, 1.165) is 54.2 Å². The van der Waals surface area contributed by atoms with E-state index in [0.29, 0.717) is 11.2 Å². The number of anilines is 2. The maximum Gasteiger partial charge on any atom is 0.328 e. The lowest BCUT2D eigenvalue weighted by molar-refractivity contribution is -0.144. The third-order valence-electron chi connectivity index (χ3n) is 6.97. The van der Waals surface area contributed by atoms with Crippen molar-refractivity contribution in [3.63, 3.8) is 0 Å². The van der Waals surface area contributed by atoms with Gasteiger partial charge in [-0.2, -0.15) is 0 Å². The number of nitrogens with zero attached hydrogens (tertiary/aromatic N) is 1. The van der Waals surface area contributed by atoms with Gasteiger partial charge in [0.25, 0.3) is 5.91 Å². The fraction of sp³-hybridized carbons (Fsp3) is 0.379. The van der Waals surface area contributed by atoms with E-state index in [-0.39, 0.29) is 17.3 Å². The van der Waals surface area contributed by atoms with E-state index >= 15 is 0 Å². The molecule has 37 heavy (non-hydrogen) atoms. The maximum absolute atomic E-state index is 13.5. The number of urea groups is 1. The number of amides is 3. The van der Waals surface area contributed by atoms with E-state index in [1.165, 1.54) is 7.11 Å². The standard InChI is InChI=1S/C29H34N4O4/c1-17-14-18(2)24(19(3)15-17)33-29(36)31-23-16-21-12-8-9-13-22(21)30-26(23)27(34)32-25(28(35)37-4)20-10-6-5-7-11-20/h8-9,12-16,20,25H,5-7,10-11H2,1-4H3,(H,32,34)(H2,31,33,36)/t25-/m0/s1. The molecule has 1 saturated carbocycles. The van der Waals surface area contributed by atoms with Crippen LogP contribution in [0.25, 0.3) is 10.9 Å². The largest absolute Gasteiger partial charge is 0.467 e. The Labute approximate surface area is 217 Å². The highest BCUT2D eigenvalue weighted by molar-refractivity contribution is 6.08. The summed E-state index contributed by atoms with van der Waals surface area (Å²) in [6.45, 7) is 5.87. The second-order valence-electron chi connectivity index (χ2n) is 9.80. The van der Waals surface area contributed by atoms with Gasteiger partial charge in [0.2, 0.25) is 0 Å². The number of pyridine rings is 1. The maximum atomic E-state index is 13.5. The van der Waals surface area contributed by atoms with Gasteiger partial charge in [0.1, 0.15) is 6.04 Å². The van der Waals surface area contributed by atoms with Crippen molar-refractivity contribution in [3.05, 3.63) is 64.8 Å². The van der Waals surface area contributed by atoms with Crippen LogP contribution in [0.1, 0.15) is 59.3 Å². The zero-order valence-electron chi connectivity index (χ0n) is 21.8. The summed E-state index contributed by atoms with van der Waals surface area (Å²) in [5.74, 6) is -1.01. The van der Waals surface area contributed by atoms with Crippen LogP contribution in [-0.2, 0) is 9.53 Å². The predicted molar refractivity (Wildman–Crippen MR) is 145 cm³/mol. The molecule has 8 heteroatoms. The number of esters is 1. The summed E-state index contributed by atoms with van der Waals surface area (Å²) in [5, 5.41) is 9.34. The number of hydrogen-bond acceptors (Lipinski definition) is 5. The number of benzene rings is 2. The van der Waals surface area contributed by atoms with Crippen molar-refractivity contribution in [1.82, 2.24) is 10.3 Å². The van der Waals surface area contributed by atoms with Crippen LogP contribution in [0.4, 0.5) is 16.2 Å². The first-order chi connectivity index (χ1) is 17.8. The van der Waals surface area contributed by atoms with Gasteiger partial charge >= 0.3 is 12.0 Å². The molecule has 0 spiro atoms. The summed E-state index contributed by atoms with van der Waals surface area (Å²) >= 11 is 0. The molecule has 8 nitrogen and oxygen atoms in total. The molecule has 3 N–H and O–H groups in total. The molecule has 1 aromatic heterocycles. The molecule has 0 aliphatic heterocycles. The van der Waals surface area contributed by atoms with Gasteiger partial charge in [-0.1, -0.05) is 55.2 Å². The van der Waals surface area contributed by atoms with Crippen molar-refractivity contribution in [2.75, 3.05) is 17.7 Å². The average molecular weight is 503 g/mol. The first-order valence-corrected chi connectivity index (χ1v) is 12.7. The van der Waals surface area contributed by atoms with E-state index < -0.39 is 23.9 Å². The van der Waals surface area contributed by atoms with Crippen LogP contribution in [0.15, 0.2) is 42.5 Å². The van der Waals surface area contributed by atoms with Gasteiger partial charge in [0.15, 0.2) is 5.69 Å². The van der Waals surface area contributed by atoms with E-state index in [1.807, 2.05) is 51.1 Å². The zero-order valence-corrected chi connectivity index (χ0v) is 21.8. The lowest BCUT2D eigenvalue weighted by atomic mass is 9.84. The number of methoxy groups -OCH3 is 1. The molecule has 4 rings (SSSR count). The highest BCUT2D eigenvalue weighted by Gasteiger charge is 2.33. The van der Waals surface area contributed by atoms with Crippen LogP contribution >= 0.6 is 0 Å². The van der Waals surface area contributed by atoms with Crippen LogP contribution in [0.3, 0.4) is 0 Å². The van der Waals surface area contributed by atoms with Crippen LogP contribution in [0.2, 0.25) is 0 Å². The van der Waals surface area contributed by atoms with Crippen LogP contribution in [0.5, 0.6) is 0 Å². The number of aromatic nitrogens is 1. The van der Waals surface area contributed by atoms with E-state index in [4.69, 9.17) is 4.74 Å². The summed E-state index contributed by atoms with van der Waals surface area (Å²) < 4.78 is 5.01. The Balaban J connectivity index is 1.63. The van der Waals surface area contributed by atoms with Gasteiger partial charge < -0.3 is 20.7 Å². The van der Waals surface area contributed by atoms with Crippen LogP contribution < -0.4 is 16.0 Å². The Kier molecular flexibility index (Phi) is 8.06. The van der Waals surface area contributed by atoms with Gasteiger partial charge in [0, 0.05) is 11.1 Å². The average Bonchev–Trinajstić information content (AvgIpc) is 2.88. The number of ether oxygens (including phenoxy) is 1. The monoisotopic (exact) mass is 502 g/mol. The van der Waals surface area contributed by atoms with E-state index in [2.05, 4.69) is 20.9 Å². The normalized spacial score (nSPS) is 14.6. The molecule has 194 valence electrons. The Hall–Kier alpha value is -3.94. The molecule has 3 aromatic rings. The number of carbonyl (C=O) groups is 3. The third kappa shape index (κ3) is 6.07. The summed E-state index contributed by atoms with van der Waals surface area (Å²) in [6, 6.07) is 11.8. The van der Waals surface area contributed by atoms with E-state index in [1.54, 1.807) is 12.1 Å². The molecule has 1 atom stereocenters. The molecule has 3 amide bonds. The molecular weight excluding hydrogens is 468 g/mol. The van der Waals surface area contributed by atoms with Crippen molar-refractivity contribution in [3.8, 4) is 0 Å². The molecule has 2 aromatic carbocycles. The first-order valence-electron chi connectivity index (χ1n) is 12.7. The molecule has 1 aliphatic carbocycles. The number of fused-ring (bicyclic) bond motifs is 1. The molecule has 0 bridgehead atoms. The fourth-order valence-electron chi connectivity index (χ4n) is 5.20. The number of rotatable bonds is 6. The van der Waals surface area contributed by atoms with Gasteiger partial charge in [-0.25, -0.2) is 14.6 Å². The Morgan fingerprint density at radius 2 is 1.62 bits per heavy atom. The Morgan fingerprint density at radius 3 is 2.30 bits per heavy atom. The highest BCUT2D eigenvalue weighted by atomic mass is 16.5. The Morgan fingerprint density at radius 1 is 0.946 bits per heavy atom. The van der Waals surface area contributed by atoms with Crippen molar-refractivity contribution in [1.29, 1.82) is 0 Å². The lowest BCUT2D eigenvalue weighted by Crippen LogP contribution is -2.47. The summed E-state index contributed by atoms with van der Waals surface area (Å²) in [7, 11) is 1.32. The minimum Gasteiger partial charge on any atom is -0.467 e. The van der Waals surface area contributed by atoms with Gasteiger partial charge in [-0.05, 0) is 62.8 Å². The van der Waals surface area contributed by atoms with E-state index in [9.17, 15) is 14.4 Å². The van der Waals surface area contributed by atoms with Crippen LogP contribution in [0, 0.1) is 26.7 Å². The van der Waals surface area contributed by atoms with Gasteiger partial charge in [0.05, 0.1) is 18.3 Å². The molecule has 0 saturated heterocycles. The SMILES string of the molecule is COC(=O)[C@@H](NC(=O)c1nc2ccccc2cc1NC(=O)Nc1c(C)cc(C)cc1C)C1CCCCC1. The number of hydrogen-bond donors (Lipinski definition) is 3. The van der Waals surface area contributed by atoms with Crippen molar-refractivity contribution < 1.29 is 19.1 Å². The topological polar surface area (TPSA) is 109 Å². The van der Waals surface area contributed by atoms with Crippen molar-refractivity contribution >= 4 is 40.2 Å². The Bertz CT molecular complexity index is 1310. The molecule has 1 aliphatic rings. The first kappa shape index (κ1) is 26.1. The van der Waals surface area contributed by atoms with Gasteiger partial charge in [-0.15, -0.1) is 0 Å². The lowest BCUT2D eigenvalue weighted by Gasteiger charge is -2.29. The quantitative estimate of drug-likeness (QED) is 0.377. The predicted octanol–water partition coefficient (Wildman–Crippen LogP) is 5.66. The zero-order chi connectivity index (χ0) is 26.5.